The lowest BCUT2D eigenvalue weighted by molar-refractivity contribution is -0.135. The van der Waals surface area contributed by atoms with Gasteiger partial charge in [0.1, 0.15) is 5.72 Å². The van der Waals surface area contributed by atoms with Crippen LogP contribution in [0.1, 0.15) is 98.8 Å². The molecule has 4 aliphatic carbocycles. The van der Waals surface area contributed by atoms with Crippen LogP contribution < -0.4 is 5.32 Å². The van der Waals surface area contributed by atoms with Crippen LogP contribution in [-0.2, 0) is 4.74 Å². The summed E-state index contributed by atoms with van der Waals surface area (Å²) in [5, 5.41) is 3.92. The molecule has 2 heterocycles. The maximum Gasteiger partial charge on any atom is 0.122 e. The van der Waals surface area contributed by atoms with E-state index in [2.05, 4.69) is 39.9 Å². The van der Waals surface area contributed by atoms with Crippen LogP contribution in [0.5, 0.6) is 0 Å². The highest BCUT2D eigenvalue weighted by atomic mass is 16.5. The Balaban J connectivity index is 1.26. The van der Waals surface area contributed by atoms with Gasteiger partial charge in [-0.1, -0.05) is 41.0 Å². The van der Waals surface area contributed by atoms with Crippen molar-refractivity contribution in [1.82, 2.24) is 5.32 Å². The number of hydrogen-bond donors (Lipinski definition) is 1. The second-order valence-electron chi connectivity index (χ2n) is 13.7. The smallest absolute Gasteiger partial charge is 0.122 e. The second-order valence-corrected chi connectivity index (χ2v) is 13.7. The molecule has 12 atom stereocenters. The van der Waals surface area contributed by atoms with Crippen LogP contribution in [0.15, 0.2) is 0 Å². The number of hydrogen-bond acceptors (Lipinski definition) is 2. The van der Waals surface area contributed by atoms with Crippen molar-refractivity contribution < 1.29 is 4.74 Å². The summed E-state index contributed by atoms with van der Waals surface area (Å²) in [4.78, 5) is 0. The summed E-state index contributed by atoms with van der Waals surface area (Å²) >= 11 is 0. The van der Waals surface area contributed by atoms with E-state index >= 15 is 0 Å². The van der Waals surface area contributed by atoms with Gasteiger partial charge in [0, 0.05) is 12.5 Å². The van der Waals surface area contributed by atoms with Crippen LogP contribution in [0.25, 0.3) is 0 Å². The topological polar surface area (TPSA) is 21.3 Å². The average molecular weight is 414 g/mol. The first-order valence-electron chi connectivity index (χ1n) is 13.7. The lowest BCUT2D eigenvalue weighted by Crippen LogP contribution is -2.57. The highest BCUT2D eigenvalue weighted by molar-refractivity contribution is 5.16. The van der Waals surface area contributed by atoms with Crippen LogP contribution in [0.2, 0.25) is 0 Å². The number of rotatable bonds is 0. The first-order valence-corrected chi connectivity index (χ1v) is 13.7. The van der Waals surface area contributed by atoms with Gasteiger partial charge in [0.25, 0.3) is 0 Å². The molecule has 0 aromatic rings. The Morgan fingerprint density at radius 3 is 2.30 bits per heavy atom. The third kappa shape index (κ3) is 2.62. The van der Waals surface area contributed by atoms with E-state index < -0.39 is 0 Å². The molecule has 0 amide bonds. The number of nitrogens with one attached hydrogen (secondary N) is 1. The van der Waals surface area contributed by atoms with Crippen molar-refractivity contribution in [3.63, 3.8) is 0 Å². The molecule has 6 rings (SSSR count). The molecule has 2 saturated heterocycles. The van der Waals surface area contributed by atoms with E-state index in [9.17, 15) is 0 Å². The zero-order valence-corrected chi connectivity index (χ0v) is 20.4. The maximum atomic E-state index is 7.05. The normalized spacial score (nSPS) is 62.5. The number of piperidine rings is 1. The Bertz CT molecular complexity index is 682. The highest BCUT2D eigenvalue weighted by Crippen LogP contribution is 2.71. The molecule has 170 valence electrons. The summed E-state index contributed by atoms with van der Waals surface area (Å²) in [6, 6.07) is 0. The molecule has 6 aliphatic rings. The lowest BCUT2D eigenvalue weighted by Gasteiger charge is -2.61. The van der Waals surface area contributed by atoms with Crippen LogP contribution >= 0.6 is 0 Å². The van der Waals surface area contributed by atoms with Gasteiger partial charge in [-0.15, -0.1) is 0 Å². The molecule has 0 aromatic carbocycles. The zero-order valence-electron chi connectivity index (χ0n) is 20.4. The Morgan fingerprint density at radius 1 is 0.767 bits per heavy atom. The lowest BCUT2D eigenvalue weighted by atomic mass is 9.44. The predicted molar refractivity (Wildman–Crippen MR) is 123 cm³/mol. The molecule has 6 fully saturated rings. The van der Waals surface area contributed by atoms with Crippen molar-refractivity contribution in [2.75, 3.05) is 6.54 Å². The SMILES string of the molecule is C[C@@H]1CC[C@@]2(NC1)O[C@H]1C[C@H]3[C@H]4CC[C@@H]5C[C@@H](C)CC[C@]5(C)[C@H]4CC[C@]3(C)[C@H]1[C@@H]2C. The summed E-state index contributed by atoms with van der Waals surface area (Å²) in [7, 11) is 0. The largest absolute Gasteiger partial charge is 0.357 e. The fourth-order valence-corrected chi connectivity index (χ4v) is 10.7. The van der Waals surface area contributed by atoms with Crippen molar-refractivity contribution in [2.24, 2.45) is 58.2 Å². The van der Waals surface area contributed by atoms with Gasteiger partial charge in [-0.25, -0.2) is 0 Å². The van der Waals surface area contributed by atoms with Crippen molar-refractivity contribution in [2.45, 2.75) is 111 Å². The molecule has 4 saturated carbocycles. The monoisotopic (exact) mass is 413 g/mol. The number of ether oxygens (including phenoxy) is 1. The Hall–Kier alpha value is -0.0800. The summed E-state index contributed by atoms with van der Waals surface area (Å²) in [5.74, 6) is 7.14. The summed E-state index contributed by atoms with van der Waals surface area (Å²) in [6.07, 6.45) is 15.0. The minimum absolute atomic E-state index is 0.00415. The Morgan fingerprint density at radius 2 is 1.53 bits per heavy atom. The van der Waals surface area contributed by atoms with Gasteiger partial charge in [0.15, 0.2) is 0 Å². The van der Waals surface area contributed by atoms with Gasteiger partial charge < -0.3 is 4.74 Å². The molecular formula is C28H47NO. The Labute approximate surface area is 185 Å². The molecule has 0 unspecified atom stereocenters. The fraction of sp³-hybridized carbons (Fsp3) is 1.00. The highest BCUT2D eigenvalue weighted by Gasteiger charge is 2.68. The summed E-state index contributed by atoms with van der Waals surface area (Å²) < 4.78 is 7.05. The molecule has 0 aromatic heterocycles. The molecule has 0 bridgehead atoms. The maximum absolute atomic E-state index is 7.05. The molecule has 30 heavy (non-hydrogen) atoms. The van der Waals surface area contributed by atoms with E-state index in [1.807, 2.05) is 0 Å². The first kappa shape index (κ1) is 20.5. The predicted octanol–water partition coefficient (Wildman–Crippen LogP) is 6.64. The van der Waals surface area contributed by atoms with Crippen LogP contribution in [-0.4, -0.2) is 18.4 Å². The van der Waals surface area contributed by atoms with Gasteiger partial charge in [-0.3, -0.25) is 5.32 Å². The third-order valence-electron chi connectivity index (χ3n) is 12.4. The molecular weight excluding hydrogens is 366 g/mol. The summed E-state index contributed by atoms with van der Waals surface area (Å²) in [6.45, 7) is 14.0. The van der Waals surface area contributed by atoms with Crippen LogP contribution in [0.4, 0.5) is 0 Å². The third-order valence-corrected chi connectivity index (χ3v) is 12.4. The Kier molecular flexibility index (Phi) is 4.60. The quantitative estimate of drug-likeness (QED) is 0.480. The van der Waals surface area contributed by atoms with Gasteiger partial charge in [-0.05, 0) is 110 Å². The molecule has 0 radical (unpaired) electrons. The minimum Gasteiger partial charge on any atom is -0.357 e. The van der Waals surface area contributed by atoms with Crippen molar-refractivity contribution in [3.8, 4) is 0 Å². The van der Waals surface area contributed by atoms with E-state index in [-0.39, 0.29) is 5.72 Å². The first-order chi connectivity index (χ1) is 14.3. The van der Waals surface area contributed by atoms with Crippen molar-refractivity contribution in [1.29, 1.82) is 0 Å². The molecule has 2 nitrogen and oxygen atoms in total. The molecule has 1 N–H and O–H groups in total. The van der Waals surface area contributed by atoms with Gasteiger partial charge in [0.05, 0.1) is 6.10 Å². The zero-order chi connectivity index (χ0) is 20.9. The van der Waals surface area contributed by atoms with Crippen molar-refractivity contribution in [3.05, 3.63) is 0 Å². The van der Waals surface area contributed by atoms with Crippen LogP contribution in [0, 0.1) is 58.2 Å². The van der Waals surface area contributed by atoms with Gasteiger partial charge in [0.2, 0.25) is 0 Å². The standard InChI is InChI=1S/C28H47NO/c1-17-8-11-26(4)20(14-17)6-7-21-22(26)10-12-27(5)23(21)15-24-25(27)19(3)28(30-24)13-9-18(2)16-29-28/h17-25,29H,6-16H2,1-5H3/t17-,18+,19-,20+,21-,22-,23-,24-,25-,26-,27-,28+/m0/s1. The van der Waals surface area contributed by atoms with Crippen LogP contribution in [0.3, 0.4) is 0 Å². The second kappa shape index (κ2) is 6.72. The van der Waals surface area contributed by atoms with Crippen molar-refractivity contribution >= 4 is 0 Å². The summed E-state index contributed by atoms with van der Waals surface area (Å²) in [5.41, 5.74) is 1.16. The van der Waals surface area contributed by atoms with Gasteiger partial charge in [-0.2, -0.15) is 0 Å². The van der Waals surface area contributed by atoms with E-state index in [1.54, 1.807) is 0 Å². The van der Waals surface area contributed by atoms with E-state index in [0.717, 1.165) is 48.0 Å². The molecule has 2 aliphatic heterocycles. The minimum atomic E-state index is -0.00415. The van der Waals surface area contributed by atoms with Gasteiger partial charge >= 0.3 is 0 Å². The molecule has 1 spiro atoms. The van der Waals surface area contributed by atoms with E-state index in [1.165, 1.54) is 64.2 Å². The fourth-order valence-electron chi connectivity index (χ4n) is 10.7. The number of fused-ring (bicyclic) bond motifs is 7. The van der Waals surface area contributed by atoms with E-state index in [0.29, 0.717) is 22.9 Å². The molecule has 2 heteroatoms. The van der Waals surface area contributed by atoms with E-state index in [4.69, 9.17) is 4.74 Å². The average Bonchev–Trinajstić information content (AvgIpc) is 3.16.